The molecule has 4 rings (SSSR count). The van der Waals surface area contributed by atoms with Crippen molar-refractivity contribution in [3.05, 3.63) is 47.3 Å². The van der Waals surface area contributed by atoms with E-state index in [4.69, 9.17) is 4.74 Å². The lowest BCUT2D eigenvalue weighted by atomic mass is 9.93. The second-order valence-electron chi connectivity index (χ2n) is 8.90. The van der Waals surface area contributed by atoms with Crippen molar-refractivity contribution >= 4 is 23.7 Å². The van der Waals surface area contributed by atoms with Crippen LogP contribution in [0.4, 0.5) is 10.5 Å². The molecule has 2 aliphatic heterocycles. The minimum atomic E-state index is -1.00. The highest BCUT2D eigenvalue weighted by atomic mass is 16.6. The fourth-order valence-corrected chi connectivity index (χ4v) is 4.14. The van der Waals surface area contributed by atoms with Gasteiger partial charge in [-0.1, -0.05) is 18.2 Å². The van der Waals surface area contributed by atoms with E-state index in [-0.39, 0.29) is 23.8 Å². The Morgan fingerprint density at radius 1 is 1.19 bits per heavy atom. The smallest absolute Gasteiger partial charge is 0.410 e. The number of nitrogens with zero attached hydrogens (tertiary/aromatic N) is 4. The van der Waals surface area contributed by atoms with Crippen molar-refractivity contribution in [1.82, 2.24) is 14.7 Å². The zero-order chi connectivity index (χ0) is 22.3. The van der Waals surface area contributed by atoms with E-state index in [0.29, 0.717) is 37.4 Å². The molecule has 1 aromatic carbocycles. The number of hydrogen-bond acceptors (Lipinski definition) is 5. The molecule has 0 radical (unpaired) electrons. The summed E-state index contributed by atoms with van der Waals surface area (Å²) in [6, 6.07) is 6.80. The van der Waals surface area contributed by atoms with E-state index in [1.807, 2.05) is 25.5 Å². The maximum Gasteiger partial charge on any atom is 0.410 e. The van der Waals surface area contributed by atoms with Gasteiger partial charge in [0.1, 0.15) is 5.60 Å². The van der Waals surface area contributed by atoms with Crippen molar-refractivity contribution in [3.63, 3.8) is 0 Å². The number of anilines is 1. The van der Waals surface area contributed by atoms with Gasteiger partial charge in [0.05, 0.1) is 36.2 Å². The number of carboxylic acid groups (broad SMARTS) is 1. The number of fused-ring (bicyclic) bond motifs is 1. The van der Waals surface area contributed by atoms with Crippen LogP contribution in [0.2, 0.25) is 0 Å². The summed E-state index contributed by atoms with van der Waals surface area (Å²) in [6.07, 6.45) is 1.48. The third kappa shape index (κ3) is 4.12. The number of carbonyl (C=O) groups excluding carboxylic acids is 2. The third-order valence-corrected chi connectivity index (χ3v) is 5.55. The molecule has 164 valence electrons. The summed E-state index contributed by atoms with van der Waals surface area (Å²) in [7, 11) is 0. The number of rotatable bonds is 3. The molecule has 2 amide bonds. The average molecular weight is 426 g/mol. The molecule has 1 aromatic heterocycles. The van der Waals surface area contributed by atoms with Crippen LogP contribution >= 0.6 is 0 Å². The molecule has 9 nitrogen and oxygen atoms in total. The van der Waals surface area contributed by atoms with Crippen molar-refractivity contribution in [2.45, 2.75) is 51.8 Å². The van der Waals surface area contributed by atoms with Crippen LogP contribution in [0.5, 0.6) is 0 Å². The van der Waals surface area contributed by atoms with Gasteiger partial charge in [0.25, 0.3) is 0 Å². The number of aromatic nitrogens is 2. The first-order chi connectivity index (χ1) is 14.6. The summed E-state index contributed by atoms with van der Waals surface area (Å²) in [4.78, 5) is 40.2. The van der Waals surface area contributed by atoms with E-state index >= 15 is 0 Å². The molecule has 31 heavy (non-hydrogen) atoms. The van der Waals surface area contributed by atoms with Crippen LogP contribution in [-0.4, -0.2) is 56.4 Å². The molecule has 0 saturated carbocycles. The number of benzene rings is 1. The van der Waals surface area contributed by atoms with Gasteiger partial charge in [-0.3, -0.25) is 9.48 Å². The van der Waals surface area contributed by atoms with Gasteiger partial charge in [-0.25, -0.2) is 9.59 Å². The molecule has 9 heteroatoms. The van der Waals surface area contributed by atoms with E-state index in [9.17, 15) is 19.5 Å². The Balaban J connectivity index is 1.56. The van der Waals surface area contributed by atoms with Crippen LogP contribution in [0.3, 0.4) is 0 Å². The van der Waals surface area contributed by atoms with Crippen LogP contribution in [0.15, 0.2) is 30.5 Å². The third-order valence-electron chi connectivity index (χ3n) is 5.55. The van der Waals surface area contributed by atoms with Gasteiger partial charge in [-0.2, -0.15) is 5.10 Å². The Morgan fingerprint density at radius 3 is 2.65 bits per heavy atom. The first-order valence-electron chi connectivity index (χ1n) is 10.3. The summed E-state index contributed by atoms with van der Waals surface area (Å²) in [5.41, 5.74) is 1.72. The van der Waals surface area contributed by atoms with Gasteiger partial charge < -0.3 is 19.6 Å². The standard InChI is InChI=1S/C22H26N4O5/c1-22(2,3)31-21(30)24-8-9-26-18(13-24)17(11-23-26)25-12-14(10-19(25)27)15-6-4-5-7-16(15)20(28)29/h4-7,11,14H,8-10,12-13H2,1-3H3,(H,28,29). The Hall–Kier alpha value is -3.36. The van der Waals surface area contributed by atoms with Gasteiger partial charge in [-0.05, 0) is 32.4 Å². The van der Waals surface area contributed by atoms with Gasteiger partial charge in [0.2, 0.25) is 5.91 Å². The second-order valence-corrected chi connectivity index (χ2v) is 8.90. The first-order valence-corrected chi connectivity index (χ1v) is 10.3. The topological polar surface area (TPSA) is 105 Å². The average Bonchev–Trinajstić information content (AvgIpc) is 3.29. The van der Waals surface area contributed by atoms with Crippen molar-refractivity contribution in [2.24, 2.45) is 0 Å². The Labute approximate surface area is 180 Å². The summed E-state index contributed by atoms with van der Waals surface area (Å²) in [5.74, 6) is -1.31. The normalized spacial score (nSPS) is 18.8. The van der Waals surface area contributed by atoms with Crippen LogP contribution in [-0.2, 0) is 22.6 Å². The monoisotopic (exact) mass is 426 g/mol. The quantitative estimate of drug-likeness (QED) is 0.809. The molecule has 1 atom stereocenters. The van der Waals surface area contributed by atoms with Crippen LogP contribution in [0.1, 0.15) is 54.7 Å². The summed E-state index contributed by atoms with van der Waals surface area (Å²) < 4.78 is 7.29. The largest absolute Gasteiger partial charge is 0.478 e. The SMILES string of the molecule is CC(C)(C)OC(=O)N1CCn2ncc(N3CC(c4ccccc4C(=O)O)CC3=O)c2C1. The van der Waals surface area contributed by atoms with E-state index < -0.39 is 17.7 Å². The molecule has 0 aliphatic carbocycles. The van der Waals surface area contributed by atoms with E-state index in [2.05, 4.69) is 5.10 Å². The van der Waals surface area contributed by atoms with Crippen LogP contribution in [0.25, 0.3) is 0 Å². The minimum Gasteiger partial charge on any atom is -0.478 e. The molecular weight excluding hydrogens is 400 g/mol. The molecule has 1 N–H and O–H groups in total. The molecule has 2 aromatic rings. The Morgan fingerprint density at radius 2 is 1.94 bits per heavy atom. The summed E-state index contributed by atoms with van der Waals surface area (Å²) in [5, 5.41) is 13.9. The van der Waals surface area contributed by atoms with Crippen molar-refractivity contribution < 1.29 is 24.2 Å². The van der Waals surface area contributed by atoms with Crippen molar-refractivity contribution in [3.8, 4) is 0 Å². The fraction of sp³-hybridized carbons (Fsp3) is 0.455. The molecule has 1 saturated heterocycles. The first kappa shape index (κ1) is 20.9. The van der Waals surface area contributed by atoms with E-state index in [1.54, 1.807) is 40.3 Å². The number of hydrogen-bond donors (Lipinski definition) is 1. The van der Waals surface area contributed by atoms with E-state index in [0.717, 1.165) is 5.69 Å². The Bertz CT molecular complexity index is 1040. The lowest BCUT2D eigenvalue weighted by Gasteiger charge is -2.31. The zero-order valence-corrected chi connectivity index (χ0v) is 17.9. The van der Waals surface area contributed by atoms with Crippen molar-refractivity contribution in [2.75, 3.05) is 18.0 Å². The lowest BCUT2D eigenvalue weighted by Crippen LogP contribution is -2.42. The fourth-order valence-electron chi connectivity index (χ4n) is 4.14. The summed E-state index contributed by atoms with van der Waals surface area (Å²) >= 11 is 0. The molecular formula is C22H26N4O5. The van der Waals surface area contributed by atoms with Gasteiger partial charge in [-0.15, -0.1) is 0 Å². The highest BCUT2D eigenvalue weighted by Crippen LogP contribution is 2.36. The Kier molecular flexibility index (Phi) is 5.20. The molecule has 3 heterocycles. The molecule has 2 aliphatic rings. The number of ether oxygens (including phenoxy) is 1. The maximum atomic E-state index is 12.9. The maximum absolute atomic E-state index is 12.9. The van der Waals surface area contributed by atoms with Crippen LogP contribution < -0.4 is 4.90 Å². The second kappa shape index (κ2) is 7.72. The van der Waals surface area contributed by atoms with E-state index in [1.165, 1.54) is 0 Å². The number of carboxylic acids is 1. The predicted octanol–water partition coefficient (Wildman–Crippen LogP) is 2.85. The lowest BCUT2D eigenvalue weighted by molar-refractivity contribution is -0.117. The highest BCUT2D eigenvalue weighted by Gasteiger charge is 2.37. The molecule has 0 spiro atoms. The predicted molar refractivity (Wildman–Crippen MR) is 112 cm³/mol. The minimum absolute atomic E-state index is 0.0876. The van der Waals surface area contributed by atoms with Crippen molar-refractivity contribution in [1.29, 1.82) is 0 Å². The van der Waals surface area contributed by atoms with Crippen LogP contribution in [0, 0.1) is 0 Å². The van der Waals surface area contributed by atoms with Gasteiger partial charge in [0, 0.05) is 25.4 Å². The summed E-state index contributed by atoms with van der Waals surface area (Å²) in [6.45, 7) is 7.12. The molecule has 1 unspecified atom stereocenters. The zero-order valence-electron chi connectivity index (χ0n) is 17.9. The highest BCUT2D eigenvalue weighted by molar-refractivity contribution is 5.98. The van der Waals surface area contributed by atoms with Gasteiger partial charge in [0.15, 0.2) is 0 Å². The van der Waals surface area contributed by atoms with Gasteiger partial charge >= 0.3 is 12.1 Å². The number of aromatic carboxylic acids is 1. The molecule has 1 fully saturated rings. The number of carbonyl (C=O) groups is 3. The number of amides is 2. The molecule has 0 bridgehead atoms.